The summed E-state index contributed by atoms with van der Waals surface area (Å²) < 4.78 is 10.2. The van der Waals surface area contributed by atoms with Gasteiger partial charge in [0.2, 0.25) is 5.91 Å². The molecule has 3 aliphatic rings. The van der Waals surface area contributed by atoms with Gasteiger partial charge in [0, 0.05) is 57.4 Å². The Morgan fingerprint density at radius 2 is 2.14 bits per heavy atom. The fourth-order valence-electron chi connectivity index (χ4n) is 4.90. The van der Waals surface area contributed by atoms with Crippen LogP contribution >= 0.6 is 0 Å². The maximum Gasteiger partial charge on any atom is 0.225 e. The summed E-state index contributed by atoms with van der Waals surface area (Å²) in [5.74, 6) is 0.199. The third-order valence-electron chi connectivity index (χ3n) is 6.99. The van der Waals surface area contributed by atoms with Crippen molar-refractivity contribution in [2.75, 3.05) is 26.2 Å². The summed E-state index contributed by atoms with van der Waals surface area (Å²) in [6.45, 7) is 6.03. The third kappa shape index (κ3) is 3.48. The SMILES string of the molecule is Cc1cn(C)nc1CN1CC(CC(=O)N2CC(n3ccnc3)C2)OCC12CCC2. The van der Waals surface area contributed by atoms with Crippen LogP contribution in [0.3, 0.4) is 0 Å². The highest BCUT2D eigenvalue weighted by molar-refractivity contribution is 5.77. The zero-order chi connectivity index (χ0) is 20.0. The number of nitrogens with zero attached hydrogens (tertiary/aromatic N) is 6. The number of amides is 1. The van der Waals surface area contributed by atoms with E-state index in [1.54, 1.807) is 6.20 Å². The van der Waals surface area contributed by atoms with Crippen molar-refractivity contribution in [3.63, 3.8) is 0 Å². The highest BCUT2D eigenvalue weighted by Gasteiger charge is 2.47. The Labute approximate surface area is 171 Å². The second kappa shape index (κ2) is 7.25. The van der Waals surface area contributed by atoms with Crippen LogP contribution in [0.15, 0.2) is 24.9 Å². The molecule has 2 aromatic rings. The number of hydrogen-bond acceptors (Lipinski definition) is 5. The first kappa shape index (κ1) is 18.8. The highest BCUT2D eigenvalue weighted by Crippen LogP contribution is 2.42. The Hall–Kier alpha value is -2.19. The van der Waals surface area contributed by atoms with Crippen LogP contribution in [0.2, 0.25) is 0 Å². The minimum atomic E-state index is -0.0370. The molecular weight excluding hydrogens is 368 g/mol. The molecule has 0 bridgehead atoms. The number of aryl methyl sites for hydroxylation is 2. The molecule has 1 amide bonds. The van der Waals surface area contributed by atoms with Crippen LogP contribution < -0.4 is 0 Å². The van der Waals surface area contributed by atoms with Crippen LogP contribution in [0.4, 0.5) is 0 Å². The molecule has 1 spiro atoms. The number of ether oxygens (including phenoxy) is 1. The van der Waals surface area contributed by atoms with Crippen molar-refractivity contribution in [1.29, 1.82) is 0 Å². The van der Waals surface area contributed by atoms with Gasteiger partial charge in [-0.1, -0.05) is 0 Å². The van der Waals surface area contributed by atoms with Gasteiger partial charge in [-0.2, -0.15) is 5.10 Å². The lowest BCUT2D eigenvalue weighted by atomic mass is 9.74. The quantitative estimate of drug-likeness (QED) is 0.764. The summed E-state index contributed by atoms with van der Waals surface area (Å²) in [6, 6.07) is 0.357. The van der Waals surface area contributed by atoms with Gasteiger partial charge in [0.05, 0.1) is 37.2 Å². The molecule has 0 N–H and O–H groups in total. The molecule has 1 saturated carbocycles. The maximum atomic E-state index is 12.8. The minimum Gasteiger partial charge on any atom is -0.374 e. The van der Waals surface area contributed by atoms with E-state index in [2.05, 4.69) is 32.7 Å². The van der Waals surface area contributed by atoms with E-state index in [1.165, 1.54) is 24.8 Å². The predicted molar refractivity (Wildman–Crippen MR) is 107 cm³/mol. The molecule has 0 radical (unpaired) electrons. The smallest absolute Gasteiger partial charge is 0.225 e. The molecule has 0 aromatic carbocycles. The normalized spacial score (nSPS) is 24.5. The van der Waals surface area contributed by atoms with Gasteiger partial charge >= 0.3 is 0 Å². The summed E-state index contributed by atoms with van der Waals surface area (Å²) in [4.78, 5) is 21.3. The van der Waals surface area contributed by atoms with E-state index in [0.29, 0.717) is 12.5 Å². The summed E-state index contributed by atoms with van der Waals surface area (Å²) in [6.07, 6.45) is 11.7. The second-order valence-corrected chi connectivity index (χ2v) is 8.99. The lowest BCUT2D eigenvalue weighted by Gasteiger charge is -2.54. The van der Waals surface area contributed by atoms with Gasteiger partial charge in [-0.15, -0.1) is 0 Å². The molecule has 2 saturated heterocycles. The van der Waals surface area contributed by atoms with Crippen LogP contribution in [-0.2, 0) is 23.1 Å². The number of likely N-dealkylation sites (tertiary alicyclic amines) is 1. The van der Waals surface area contributed by atoms with Crippen LogP contribution in [0, 0.1) is 6.92 Å². The van der Waals surface area contributed by atoms with Crippen molar-refractivity contribution < 1.29 is 9.53 Å². The topological polar surface area (TPSA) is 68.4 Å². The fraction of sp³-hybridized carbons (Fsp3) is 0.667. The molecule has 1 unspecified atom stereocenters. The fourth-order valence-corrected chi connectivity index (χ4v) is 4.90. The van der Waals surface area contributed by atoms with Gasteiger partial charge < -0.3 is 14.2 Å². The molecule has 1 atom stereocenters. The maximum absolute atomic E-state index is 12.8. The molecule has 2 aliphatic heterocycles. The molecule has 2 aromatic heterocycles. The Kier molecular flexibility index (Phi) is 4.70. The number of rotatable bonds is 5. The van der Waals surface area contributed by atoms with Gasteiger partial charge in [-0.05, 0) is 31.7 Å². The molecule has 29 heavy (non-hydrogen) atoms. The van der Waals surface area contributed by atoms with Crippen LogP contribution in [0.25, 0.3) is 0 Å². The number of morpholine rings is 1. The number of carbonyl (C=O) groups is 1. The molecule has 156 valence electrons. The van der Waals surface area contributed by atoms with Crippen molar-refractivity contribution in [2.24, 2.45) is 7.05 Å². The van der Waals surface area contributed by atoms with Crippen molar-refractivity contribution >= 4 is 5.91 Å². The van der Waals surface area contributed by atoms with E-state index < -0.39 is 0 Å². The first-order chi connectivity index (χ1) is 14.0. The Morgan fingerprint density at radius 1 is 1.31 bits per heavy atom. The lowest BCUT2D eigenvalue weighted by Crippen LogP contribution is -2.63. The summed E-state index contributed by atoms with van der Waals surface area (Å²) in [5.41, 5.74) is 2.51. The van der Waals surface area contributed by atoms with E-state index in [-0.39, 0.29) is 17.6 Å². The van der Waals surface area contributed by atoms with Crippen molar-refractivity contribution in [2.45, 2.75) is 56.8 Å². The van der Waals surface area contributed by atoms with E-state index in [1.807, 2.05) is 29.2 Å². The van der Waals surface area contributed by atoms with Crippen molar-refractivity contribution in [1.82, 2.24) is 29.1 Å². The summed E-state index contributed by atoms with van der Waals surface area (Å²) in [7, 11) is 1.97. The minimum absolute atomic E-state index is 0.0370. The van der Waals surface area contributed by atoms with E-state index in [0.717, 1.165) is 38.5 Å². The molecule has 8 nitrogen and oxygen atoms in total. The van der Waals surface area contributed by atoms with Crippen LogP contribution in [0.1, 0.15) is 43.0 Å². The number of imidazole rings is 1. The van der Waals surface area contributed by atoms with Gasteiger partial charge in [0.15, 0.2) is 0 Å². The zero-order valence-corrected chi connectivity index (χ0v) is 17.3. The molecule has 5 rings (SSSR count). The molecule has 8 heteroatoms. The number of carbonyl (C=O) groups excluding carboxylic acids is 1. The largest absolute Gasteiger partial charge is 0.374 e. The Morgan fingerprint density at radius 3 is 2.76 bits per heavy atom. The standard InChI is InChI=1S/C21H30N6O2/c1-16-9-24(2)23-19(16)13-27-12-18(29-14-21(27)4-3-5-21)8-20(28)26-10-17(11-26)25-7-6-22-15-25/h6-7,9,15,17-18H,3-5,8,10-14H2,1-2H3. The summed E-state index contributed by atoms with van der Waals surface area (Å²) >= 11 is 0. The van der Waals surface area contributed by atoms with Gasteiger partial charge in [0.25, 0.3) is 0 Å². The van der Waals surface area contributed by atoms with Gasteiger partial charge in [-0.3, -0.25) is 14.4 Å². The van der Waals surface area contributed by atoms with Crippen LogP contribution in [-0.4, -0.2) is 72.9 Å². The zero-order valence-electron chi connectivity index (χ0n) is 17.3. The van der Waals surface area contributed by atoms with E-state index >= 15 is 0 Å². The average molecular weight is 399 g/mol. The van der Waals surface area contributed by atoms with E-state index in [4.69, 9.17) is 4.74 Å². The number of hydrogen-bond donors (Lipinski definition) is 0. The summed E-state index contributed by atoms with van der Waals surface area (Å²) in [5, 5.41) is 4.65. The lowest BCUT2D eigenvalue weighted by molar-refractivity contribution is -0.161. The first-order valence-electron chi connectivity index (χ1n) is 10.6. The van der Waals surface area contributed by atoms with Crippen molar-refractivity contribution in [3.05, 3.63) is 36.2 Å². The average Bonchev–Trinajstić information content (AvgIpc) is 3.23. The van der Waals surface area contributed by atoms with Gasteiger partial charge in [-0.25, -0.2) is 4.98 Å². The van der Waals surface area contributed by atoms with Gasteiger partial charge in [0.1, 0.15) is 0 Å². The van der Waals surface area contributed by atoms with Crippen LogP contribution in [0.5, 0.6) is 0 Å². The Balaban J connectivity index is 1.19. The predicted octanol–water partition coefficient (Wildman–Crippen LogP) is 1.52. The Bertz CT molecular complexity index is 866. The molecule has 1 aliphatic carbocycles. The molecule has 3 fully saturated rings. The number of aromatic nitrogens is 4. The van der Waals surface area contributed by atoms with E-state index in [9.17, 15) is 4.79 Å². The van der Waals surface area contributed by atoms with Crippen molar-refractivity contribution in [3.8, 4) is 0 Å². The third-order valence-corrected chi connectivity index (χ3v) is 6.99. The second-order valence-electron chi connectivity index (χ2n) is 8.99. The molecular formula is C21H30N6O2. The monoisotopic (exact) mass is 398 g/mol. The first-order valence-corrected chi connectivity index (χ1v) is 10.6. The highest BCUT2D eigenvalue weighted by atomic mass is 16.5. The molecule has 4 heterocycles.